The number of esters is 2. The molecule has 0 radical (unpaired) electrons. The normalized spacial score (nSPS) is 33.6. The Morgan fingerprint density at radius 1 is 1.21 bits per heavy atom. The van der Waals surface area contributed by atoms with Crippen LogP contribution >= 0.6 is 0 Å². The summed E-state index contributed by atoms with van der Waals surface area (Å²) < 4.78 is 21.6. The van der Waals surface area contributed by atoms with Gasteiger partial charge in [-0.05, 0) is 44.4 Å². The molecule has 0 aromatic carbocycles. The van der Waals surface area contributed by atoms with E-state index in [0.717, 1.165) is 18.6 Å². The summed E-state index contributed by atoms with van der Waals surface area (Å²) in [5, 5.41) is 0. The number of fused-ring (bicyclic) bond motifs is 2. The van der Waals surface area contributed by atoms with E-state index in [9.17, 15) is 9.59 Å². The van der Waals surface area contributed by atoms with Crippen LogP contribution in [-0.4, -0.2) is 56.4 Å². The monoisotopic (exact) mass is 409 g/mol. The maximum absolute atomic E-state index is 13.0. The molecule has 0 aromatic rings. The molecule has 0 spiro atoms. The third kappa shape index (κ3) is 4.08. The molecule has 2 saturated carbocycles. The van der Waals surface area contributed by atoms with Crippen LogP contribution in [0.1, 0.15) is 60.3 Å². The number of ether oxygens (including phenoxy) is 4. The van der Waals surface area contributed by atoms with E-state index in [-0.39, 0.29) is 36.6 Å². The van der Waals surface area contributed by atoms with E-state index in [0.29, 0.717) is 19.1 Å². The van der Waals surface area contributed by atoms with Crippen molar-refractivity contribution in [2.24, 2.45) is 27.7 Å². The molecular formula is C22H35NO6. The molecule has 3 fully saturated rings. The fourth-order valence-corrected chi connectivity index (χ4v) is 5.30. The predicted molar refractivity (Wildman–Crippen MR) is 108 cm³/mol. The second kappa shape index (κ2) is 8.72. The second-order valence-corrected chi connectivity index (χ2v) is 9.13. The quantitative estimate of drug-likeness (QED) is 0.573. The van der Waals surface area contributed by atoms with Gasteiger partial charge in [0.2, 0.25) is 0 Å². The van der Waals surface area contributed by atoms with Crippen molar-refractivity contribution < 1.29 is 28.5 Å². The average molecular weight is 410 g/mol. The van der Waals surface area contributed by atoms with Crippen LogP contribution in [0, 0.1) is 22.7 Å². The van der Waals surface area contributed by atoms with E-state index in [1.807, 2.05) is 0 Å². The summed E-state index contributed by atoms with van der Waals surface area (Å²) in [4.78, 5) is 30.3. The first kappa shape index (κ1) is 22.2. The molecule has 2 aliphatic carbocycles. The molecular weight excluding hydrogens is 374 g/mol. The van der Waals surface area contributed by atoms with Crippen LogP contribution in [0.15, 0.2) is 4.99 Å². The van der Waals surface area contributed by atoms with Gasteiger partial charge < -0.3 is 18.9 Å². The van der Waals surface area contributed by atoms with Crippen molar-refractivity contribution in [1.29, 1.82) is 0 Å². The fraction of sp³-hybridized carbons (Fsp3) is 0.864. The molecule has 3 aliphatic rings. The van der Waals surface area contributed by atoms with Crippen LogP contribution in [0.4, 0.5) is 0 Å². The highest BCUT2D eigenvalue weighted by molar-refractivity contribution is 5.96. The van der Waals surface area contributed by atoms with Crippen molar-refractivity contribution in [3.05, 3.63) is 0 Å². The van der Waals surface area contributed by atoms with Gasteiger partial charge in [-0.25, -0.2) is 4.79 Å². The molecule has 1 saturated heterocycles. The van der Waals surface area contributed by atoms with E-state index in [4.69, 9.17) is 23.9 Å². The number of carbonyl (C=O) groups is 2. The Bertz CT molecular complexity index is 654. The van der Waals surface area contributed by atoms with Gasteiger partial charge in [0, 0.05) is 17.0 Å². The smallest absolute Gasteiger partial charge is 0.331 e. The third-order valence-corrected chi connectivity index (χ3v) is 7.57. The van der Waals surface area contributed by atoms with Crippen LogP contribution in [0.25, 0.3) is 0 Å². The van der Waals surface area contributed by atoms with Crippen molar-refractivity contribution in [3.63, 3.8) is 0 Å². The Kier molecular flexibility index (Phi) is 6.68. The Morgan fingerprint density at radius 2 is 1.93 bits per heavy atom. The van der Waals surface area contributed by atoms with Crippen molar-refractivity contribution in [2.75, 3.05) is 26.6 Å². The van der Waals surface area contributed by atoms with Gasteiger partial charge in [-0.1, -0.05) is 20.8 Å². The van der Waals surface area contributed by atoms with Gasteiger partial charge >= 0.3 is 11.9 Å². The highest BCUT2D eigenvalue weighted by atomic mass is 16.7. The van der Waals surface area contributed by atoms with Crippen LogP contribution in [0.3, 0.4) is 0 Å². The van der Waals surface area contributed by atoms with E-state index in [1.165, 1.54) is 6.42 Å². The van der Waals surface area contributed by atoms with Gasteiger partial charge in [-0.15, -0.1) is 0 Å². The first-order valence-corrected chi connectivity index (χ1v) is 10.8. The van der Waals surface area contributed by atoms with Gasteiger partial charge in [0.15, 0.2) is 6.04 Å². The molecule has 1 heterocycles. The van der Waals surface area contributed by atoms with Gasteiger partial charge in [-0.3, -0.25) is 9.79 Å². The summed E-state index contributed by atoms with van der Waals surface area (Å²) in [5.74, 6) is -0.673. The lowest BCUT2D eigenvalue weighted by atomic mass is 9.70. The molecule has 3 rings (SSSR count). The lowest BCUT2D eigenvalue weighted by Crippen LogP contribution is -2.42. The summed E-state index contributed by atoms with van der Waals surface area (Å²) in [6.45, 7) is 11.5. The van der Waals surface area contributed by atoms with E-state index >= 15 is 0 Å². The molecule has 164 valence electrons. The first-order valence-electron chi connectivity index (χ1n) is 10.8. The van der Waals surface area contributed by atoms with Crippen molar-refractivity contribution in [2.45, 2.75) is 72.4 Å². The maximum atomic E-state index is 13.0. The van der Waals surface area contributed by atoms with Crippen molar-refractivity contribution in [3.8, 4) is 0 Å². The summed E-state index contributed by atoms with van der Waals surface area (Å²) in [7, 11) is 0. The highest BCUT2D eigenvalue weighted by Crippen LogP contribution is 2.64. The summed E-state index contributed by atoms with van der Waals surface area (Å²) >= 11 is 0. The maximum Gasteiger partial charge on any atom is 0.331 e. The first-order chi connectivity index (χ1) is 13.7. The molecule has 4 unspecified atom stereocenters. The molecule has 2 bridgehead atoms. The zero-order valence-corrected chi connectivity index (χ0v) is 18.4. The average Bonchev–Trinajstić information content (AvgIpc) is 3.31. The van der Waals surface area contributed by atoms with Gasteiger partial charge in [0.05, 0.1) is 32.3 Å². The molecule has 29 heavy (non-hydrogen) atoms. The summed E-state index contributed by atoms with van der Waals surface area (Å²) in [5.41, 5.74) is 1.18. The van der Waals surface area contributed by atoms with Crippen molar-refractivity contribution >= 4 is 17.7 Å². The molecule has 7 nitrogen and oxygen atoms in total. The highest BCUT2D eigenvalue weighted by Gasteiger charge is 2.60. The lowest BCUT2D eigenvalue weighted by Gasteiger charge is -2.35. The second-order valence-electron chi connectivity index (χ2n) is 9.13. The number of rotatable bonds is 8. The molecule has 0 aromatic heterocycles. The zero-order chi connectivity index (χ0) is 21.2. The molecule has 1 aliphatic heterocycles. The Labute approximate surface area is 173 Å². The minimum atomic E-state index is -0.798. The molecule has 0 amide bonds. The van der Waals surface area contributed by atoms with Gasteiger partial charge in [0.1, 0.15) is 6.79 Å². The number of hydrogen-bond donors (Lipinski definition) is 0. The van der Waals surface area contributed by atoms with Gasteiger partial charge in [0.25, 0.3) is 0 Å². The van der Waals surface area contributed by atoms with E-state index in [1.54, 1.807) is 13.8 Å². The number of carbonyl (C=O) groups excluding carboxylic acids is 2. The zero-order valence-electron chi connectivity index (χ0n) is 18.4. The molecule has 0 N–H and O–H groups in total. The van der Waals surface area contributed by atoms with Crippen LogP contribution in [0.2, 0.25) is 0 Å². The van der Waals surface area contributed by atoms with Crippen LogP contribution < -0.4 is 0 Å². The fourth-order valence-electron chi connectivity index (χ4n) is 5.30. The summed E-state index contributed by atoms with van der Waals surface area (Å²) in [6.07, 6.45) is 2.82. The third-order valence-electron chi connectivity index (χ3n) is 7.57. The number of nitrogens with zero attached hydrogens (tertiary/aromatic N) is 1. The topological polar surface area (TPSA) is 83.4 Å². The Morgan fingerprint density at radius 3 is 2.45 bits per heavy atom. The molecule has 7 heteroatoms. The molecule has 5 atom stereocenters. The predicted octanol–water partition coefficient (Wildman–Crippen LogP) is 3.15. The van der Waals surface area contributed by atoms with Gasteiger partial charge in [-0.2, -0.15) is 0 Å². The number of aliphatic imine (C=N–C) groups is 1. The Balaban J connectivity index is 1.94. The van der Waals surface area contributed by atoms with Crippen molar-refractivity contribution in [1.82, 2.24) is 0 Å². The standard InChI is InChI=1S/C22H35NO6/c1-6-27-18(24)11-15(16-12-26-13-29-16)19(20(25)28-7-2)23-17-10-14-8-9-22(17,5)21(14,3)4/h14-16,19H,6-13H2,1-5H3/t14-,15?,16?,19?,22?/m1/s1. The Hall–Kier alpha value is -1.47. The van der Waals surface area contributed by atoms with Crippen LogP contribution in [-0.2, 0) is 28.5 Å². The van der Waals surface area contributed by atoms with E-state index in [2.05, 4.69) is 20.8 Å². The number of hydrogen-bond acceptors (Lipinski definition) is 7. The van der Waals surface area contributed by atoms with E-state index < -0.39 is 24.0 Å². The minimum Gasteiger partial charge on any atom is -0.466 e. The SMILES string of the molecule is CCOC(=O)CC(C1COCO1)C(N=C1C[C@H]2CCC1(C)C2(C)C)C(=O)OCC. The lowest BCUT2D eigenvalue weighted by molar-refractivity contribution is -0.150. The van der Waals surface area contributed by atoms with Crippen LogP contribution in [0.5, 0.6) is 0 Å². The largest absolute Gasteiger partial charge is 0.466 e. The summed E-state index contributed by atoms with van der Waals surface area (Å²) in [6, 6.07) is -0.798. The minimum absolute atomic E-state index is 0.0378.